The van der Waals surface area contributed by atoms with E-state index in [1.54, 1.807) is 0 Å². The summed E-state index contributed by atoms with van der Waals surface area (Å²) in [6, 6.07) is 7.94. The van der Waals surface area contributed by atoms with Gasteiger partial charge in [0, 0.05) is 26.8 Å². The number of rotatable bonds is 3. The maximum Gasteiger partial charge on any atom is 0.0485 e. The fraction of sp³-hybridized carbons (Fsp3) is 0.333. The minimum absolute atomic E-state index is 0.663. The zero-order valence-electron chi connectivity index (χ0n) is 6.92. The first-order valence-corrected chi connectivity index (χ1v) is 6.10. The summed E-state index contributed by atoms with van der Waals surface area (Å²) < 4.78 is 12.2. The van der Waals surface area contributed by atoms with Crippen molar-refractivity contribution in [1.82, 2.24) is 0 Å². The highest BCUT2D eigenvalue weighted by atomic mass is 79.9. The lowest BCUT2D eigenvalue weighted by Gasteiger charge is -1.99. The Balaban J connectivity index is 2.69. The van der Waals surface area contributed by atoms with Crippen molar-refractivity contribution < 1.29 is 4.21 Å². The van der Waals surface area contributed by atoms with Gasteiger partial charge in [-0.1, -0.05) is 35.0 Å². The average Bonchev–Trinajstić information content (AvgIpc) is 2.04. The molecule has 0 amide bonds. The smallest absolute Gasteiger partial charge is 0.0485 e. The average molecular weight is 247 g/mol. The Morgan fingerprint density at radius 1 is 1.50 bits per heavy atom. The molecule has 0 aromatic heterocycles. The molecule has 0 heterocycles. The molecule has 0 saturated heterocycles. The van der Waals surface area contributed by atoms with E-state index in [-0.39, 0.29) is 0 Å². The van der Waals surface area contributed by atoms with Crippen molar-refractivity contribution in [2.24, 2.45) is 0 Å². The van der Waals surface area contributed by atoms with Gasteiger partial charge in [-0.3, -0.25) is 4.21 Å². The van der Waals surface area contributed by atoms with Crippen LogP contribution in [0.3, 0.4) is 0 Å². The van der Waals surface area contributed by atoms with Gasteiger partial charge in [-0.2, -0.15) is 0 Å². The molecule has 0 bridgehead atoms. The van der Waals surface area contributed by atoms with Gasteiger partial charge in [-0.05, 0) is 17.7 Å². The van der Waals surface area contributed by atoms with E-state index in [9.17, 15) is 4.21 Å². The first-order chi connectivity index (χ1) is 5.72. The molecule has 0 radical (unpaired) electrons. The standard InChI is InChI=1S/C9H11BrOS/c1-2-12(11)7-8-4-3-5-9(10)6-8/h3-6H,2,7H2,1H3/t12-/m1/s1. The lowest BCUT2D eigenvalue weighted by molar-refractivity contribution is 0.683. The molecule has 1 aromatic carbocycles. The van der Waals surface area contributed by atoms with Gasteiger partial charge in [-0.15, -0.1) is 0 Å². The van der Waals surface area contributed by atoms with E-state index in [2.05, 4.69) is 15.9 Å². The zero-order chi connectivity index (χ0) is 8.97. The molecule has 1 atom stereocenters. The lowest BCUT2D eigenvalue weighted by atomic mass is 10.2. The number of hydrogen-bond acceptors (Lipinski definition) is 1. The molecule has 1 aromatic rings. The van der Waals surface area contributed by atoms with Crippen molar-refractivity contribution in [3.63, 3.8) is 0 Å². The highest BCUT2D eigenvalue weighted by molar-refractivity contribution is 9.10. The van der Waals surface area contributed by atoms with Crippen LogP contribution in [-0.4, -0.2) is 9.96 Å². The second-order valence-corrected chi connectivity index (χ2v) is 5.16. The SMILES string of the molecule is CC[S@@](=O)Cc1cccc(Br)c1. The maximum absolute atomic E-state index is 11.2. The van der Waals surface area contributed by atoms with E-state index in [4.69, 9.17) is 0 Å². The summed E-state index contributed by atoms with van der Waals surface area (Å²) in [6.07, 6.45) is 0. The summed E-state index contributed by atoms with van der Waals surface area (Å²) in [4.78, 5) is 0. The van der Waals surface area contributed by atoms with Crippen molar-refractivity contribution in [2.45, 2.75) is 12.7 Å². The van der Waals surface area contributed by atoms with Gasteiger partial charge in [-0.25, -0.2) is 0 Å². The van der Waals surface area contributed by atoms with E-state index >= 15 is 0 Å². The van der Waals surface area contributed by atoms with Crippen molar-refractivity contribution in [1.29, 1.82) is 0 Å². The second-order valence-electron chi connectivity index (χ2n) is 2.50. The number of hydrogen-bond donors (Lipinski definition) is 0. The Morgan fingerprint density at radius 3 is 2.83 bits per heavy atom. The van der Waals surface area contributed by atoms with Gasteiger partial charge in [0.2, 0.25) is 0 Å². The Labute approximate surface area is 83.8 Å². The van der Waals surface area contributed by atoms with Gasteiger partial charge < -0.3 is 0 Å². The topological polar surface area (TPSA) is 17.1 Å². The Bertz CT molecular complexity index is 286. The fourth-order valence-electron chi connectivity index (χ4n) is 0.915. The van der Waals surface area contributed by atoms with Crippen LogP contribution in [0.2, 0.25) is 0 Å². The highest BCUT2D eigenvalue weighted by Crippen LogP contribution is 2.12. The monoisotopic (exact) mass is 246 g/mol. The quantitative estimate of drug-likeness (QED) is 0.802. The van der Waals surface area contributed by atoms with Crippen LogP contribution in [0.1, 0.15) is 12.5 Å². The van der Waals surface area contributed by atoms with Crippen molar-refractivity contribution in [3.05, 3.63) is 34.3 Å². The predicted molar refractivity (Wildman–Crippen MR) is 56.5 cm³/mol. The molecule has 1 nitrogen and oxygen atoms in total. The molecule has 12 heavy (non-hydrogen) atoms. The lowest BCUT2D eigenvalue weighted by Crippen LogP contribution is -1.97. The summed E-state index contributed by atoms with van der Waals surface area (Å²) in [5.41, 5.74) is 1.13. The predicted octanol–water partition coefficient (Wildman–Crippen LogP) is 2.72. The molecule has 0 N–H and O–H groups in total. The molecule has 0 unspecified atom stereocenters. The minimum atomic E-state index is -0.707. The van der Waals surface area contributed by atoms with Gasteiger partial charge >= 0.3 is 0 Å². The van der Waals surface area contributed by atoms with Gasteiger partial charge in [0.05, 0.1) is 0 Å². The zero-order valence-corrected chi connectivity index (χ0v) is 9.32. The third-order valence-corrected chi connectivity index (χ3v) is 3.33. The first kappa shape index (κ1) is 9.93. The molecular weight excluding hydrogens is 236 g/mol. The summed E-state index contributed by atoms with van der Waals surface area (Å²) in [5.74, 6) is 1.39. The molecule has 1 rings (SSSR count). The first-order valence-electron chi connectivity index (χ1n) is 3.82. The molecule has 0 aliphatic heterocycles. The van der Waals surface area contributed by atoms with Crippen LogP contribution >= 0.6 is 15.9 Å². The number of halogens is 1. The van der Waals surface area contributed by atoms with E-state index in [1.807, 2.05) is 31.2 Å². The van der Waals surface area contributed by atoms with E-state index < -0.39 is 10.8 Å². The van der Waals surface area contributed by atoms with Gasteiger partial charge in [0.1, 0.15) is 0 Å². The Morgan fingerprint density at radius 2 is 2.25 bits per heavy atom. The normalized spacial score (nSPS) is 12.8. The molecule has 0 saturated carbocycles. The van der Waals surface area contributed by atoms with Crippen LogP contribution in [0, 0.1) is 0 Å². The Kier molecular flexibility index (Phi) is 3.95. The number of benzene rings is 1. The van der Waals surface area contributed by atoms with E-state index in [1.165, 1.54) is 0 Å². The Hall–Kier alpha value is -0.150. The van der Waals surface area contributed by atoms with Crippen LogP contribution in [0.15, 0.2) is 28.7 Å². The van der Waals surface area contributed by atoms with Crippen molar-refractivity contribution in [3.8, 4) is 0 Å². The molecule has 0 fully saturated rings. The van der Waals surface area contributed by atoms with Crippen LogP contribution < -0.4 is 0 Å². The highest BCUT2D eigenvalue weighted by Gasteiger charge is 1.98. The maximum atomic E-state index is 11.2. The molecular formula is C9H11BrOS. The van der Waals surface area contributed by atoms with E-state index in [0.717, 1.165) is 15.8 Å². The van der Waals surface area contributed by atoms with E-state index in [0.29, 0.717) is 5.75 Å². The van der Waals surface area contributed by atoms with Crippen LogP contribution in [0.4, 0.5) is 0 Å². The molecule has 0 spiro atoms. The van der Waals surface area contributed by atoms with Crippen LogP contribution in [0.5, 0.6) is 0 Å². The van der Waals surface area contributed by atoms with Crippen molar-refractivity contribution in [2.75, 3.05) is 5.75 Å². The third kappa shape index (κ3) is 3.07. The fourth-order valence-corrected chi connectivity index (χ4v) is 2.12. The summed E-state index contributed by atoms with van der Waals surface area (Å²) in [7, 11) is -0.707. The summed E-state index contributed by atoms with van der Waals surface area (Å²) in [5, 5.41) is 0. The van der Waals surface area contributed by atoms with Crippen LogP contribution in [-0.2, 0) is 16.6 Å². The van der Waals surface area contributed by atoms with Gasteiger partial charge in [0.15, 0.2) is 0 Å². The largest absolute Gasteiger partial charge is 0.259 e. The molecule has 0 aliphatic carbocycles. The minimum Gasteiger partial charge on any atom is -0.259 e. The summed E-state index contributed by atoms with van der Waals surface area (Å²) >= 11 is 3.38. The van der Waals surface area contributed by atoms with Crippen molar-refractivity contribution >= 4 is 26.7 Å². The second kappa shape index (κ2) is 4.77. The third-order valence-electron chi connectivity index (χ3n) is 1.54. The van der Waals surface area contributed by atoms with Crippen LogP contribution in [0.25, 0.3) is 0 Å². The molecule has 0 aliphatic rings. The molecule has 3 heteroatoms. The summed E-state index contributed by atoms with van der Waals surface area (Å²) in [6.45, 7) is 1.94. The van der Waals surface area contributed by atoms with Gasteiger partial charge in [0.25, 0.3) is 0 Å². The molecule has 66 valence electrons.